The maximum absolute atomic E-state index is 10.6. The monoisotopic (exact) mass is 295 g/mol. The average molecular weight is 295 g/mol. The lowest BCUT2D eigenvalue weighted by Crippen LogP contribution is -2.33. The van der Waals surface area contributed by atoms with Gasteiger partial charge in [0.05, 0.1) is 5.25 Å². The zero-order valence-electron chi connectivity index (χ0n) is 10.7. The van der Waals surface area contributed by atoms with Crippen LogP contribution in [-0.4, -0.2) is 52.4 Å². The number of rotatable bonds is 7. The predicted octanol–water partition coefficient (Wildman–Crippen LogP) is -1.36. The molecule has 0 bridgehead atoms. The number of hydrogen-bond donors (Lipinski definition) is 6. The minimum atomic E-state index is -1.05. The number of amides is 1. The maximum Gasteiger partial charge on any atom is 0.322 e. The summed E-state index contributed by atoms with van der Waals surface area (Å²) in [6.45, 7) is 1.73. The second-order valence-electron chi connectivity index (χ2n) is 3.66. The molecule has 0 aromatic heterocycles. The number of nitrogens with one attached hydrogen (secondary N) is 1. The van der Waals surface area contributed by atoms with E-state index in [0.717, 1.165) is 0 Å². The van der Waals surface area contributed by atoms with Crippen LogP contribution < -0.4 is 16.8 Å². The molecule has 0 radical (unpaired) electrons. The Labute approximate surface area is 116 Å². The fourth-order valence-electron chi connectivity index (χ4n) is 0.772. The highest BCUT2D eigenvalue weighted by molar-refractivity contribution is 7.81. The van der Waals surface area contributed by atoms with Crippen molar-refractivity contribution in [3.63, 3.8) is 0 Å². The molecule has 112 valence electrons. The smallest absolute Gasteiger partial charge is 0.322 e. The van der Waals surface area contributed by atoms with E-state index in [0.29, 0.717) is 19.4 Å². The predicted molar refractivity (Wildman–Crippen MR) is 73.0 cm³/mol. The third-order valence-corrected chi connectivity index (χ3v) is 2.06. The zero-order valence-corrected chi connectivity index (χ0v) is 11.6. The molecule has 0 aliphatic rings. The Balaban J connectivity index is 0. The lowest BCUT2D eigenvalue weighted by molar-refractivity contribution is -0.139. The SMILES string of the molecule is CC(S)C(=O)NCC(=O)O.NCCC[C@H](N)C(=O)O. The molecule has 0 spiro atoms. The Hall–Kier alpha value is -1.32. The molecule has 9 heteroatoms. The van der Waals surface area contributed by atoms with Crippen LogP contribution in [0.15, 0.2) is 0 Å². The molecule has 7 N–H and O–H groups in total. The number of thiol groups is 1. The third-order valence-electron chi connectivity index (χ3n) is 1.83. The van der Waals surface area contributed by atoms with Crippen LogP contribution in [0.2, 0.25) is 0 Å². The number of carboxylic acids is 2. The van der Waals surface area contributed by atoms with Gasteiger partial charge in [-0.05, 0) is 26.3 Å². The number of nitrogens with two attached hydrogens (primary N) is 2. The van der Waals surface area contributed by atoms with Gasteiger partial charge in [0.1, 0.15) is 12.6 Å². The summed E-state index contributed by atoms with van der Waals surface area (Å²) in [4.78, 5) is 30.5. The molecule has 1 amide bonds. The molecule has 19 heavy (non-hydrogen) atoms. The van der Waals surface area contributed by atoms with Crippen LogP contribution in [0.4, 0.5) is 0 Å². The molecule has 2 atom stereocenters. The van der Waals surface area contributed by atoms with Crippen molar-refractivity contribution in [3.8, 4) is 0 Å². The maximum atomic E-state index is 10.6. The molecular weight excluding hydrogens is 274 g/mol. The van der Waals surface area contributed by atoms with Gasteiger partial charge in [0.15, 0.2) is 0 Å². The minimum absolute atomic E-state index is 0.344. The lowest BCUT2D eigenvalue weighted by atomic mass is 10.2. The van der Waals surface area contributed by atoms with E-state index in [-0.39, 0.29) is 12.5 Å². The molecule has 0 saturated heterocycles. The van der Waals surface area contributed by atoms with E-state index in [1.165, 1.54) is 0 Å². The van der Waals surface area contributed by atoms with E-state index in [4.69, 9.17) is 21.7 Å². The van der Waals surface area contributed by atoms with Gasteiger partial charge in [-0.1, -0.05) is 0 Å². The van der Waals surface area contributed by atoms with Crippen LogP contribution in [0.25, 0.3) is 0 Å². The highest BCUT2D eigenvalue weighted by Gasteiger charge is 2.09. The summed E-state index contributed by atoms with van der Waals surface area (Å²) in [5.74, 6) is -2.38. The molecule has 8 nitrogen and oxygen atoms in total. The lowest BCUT2D eigenvalue weighted by Gasteiger charge is -2.02. The quantitative estimate of drug-likeness (QED) is 0.317. The van der Waals surface area contributed by atoms with E-state index in [1.54, 1.807) is 6.92 Å². The van der Waals surface area contributed by atoms with Gasteiger partial charge in [-0.15, -0.1) is 0 Å². The fraction of sp³-hybridized carbons (Fsp3) is 0.700. The second-order valence-corrected chi connectivity index (χ2v) is 4.44. The van der Waals surface area contributed by atoms with Crippen LogP contribution in [0, 0.1) is 0 Å². The van der Waals surface area contributed by atoms with Crippen molar-refractivity contribution in [2.45, 2.75) is 31.1 Å². The summed E-state index contributed by atoms with van der Waals surface area (Å²) in [6, 6.07) is -0.742. The van der Waals surface area contributed by atoms with Crippen molar-refractivity contribution in [2.75, 3.05) is 13.1 Å². The summed E-state index contributed by atoms with van der Waals surface area (Å²) in [6.07, 6.45) is 1.14. The van der Waals surface area contributed by atoms with Crippen LogP contribution >= 0.6 is 12.6 Å². The van der Waals surface area contributed by atoms with E-state index in [9.17, 15) is 14.4 Å². The number of hydrogen-bond acceptors (Lipinski definition) is 6. The highest BCUT2D eigenvalue weighted by Crippen LogP contribution is 1.91. The average Bonchev–Trinajstić information content (AvgIpc) is 2.33. The number of aliphatic carboxylic acids is 2. The molecule has 0 aliphatic heterocycles. The molecule has 0 rings (SSSR count). The molecule has 0 aromatic rings. The van der Waals surface area contributed by atoms with E-state index in [2.05, 4.69) is 17.9 Å². The second kappa shape index (κ2) is 11.8. The first-order valence-electron chi connectivity index (χ1n) is 5.58. The molecule has 0 aliphatic carbocycles. The molecule has 0 aromatic carbocycles. The summed E-state index contributed by atoms with van der Waals surface area (Å²) < 4.78 is 0. The van der Waals surface area contributed by atoms with Gasteiger partial charge in [0.2, 0.25) is 5.91 Å². The normalized spacial score (nSPS) is 12.6. The van der Waals surface area contributed by atoms with Crippen molar-refractivity contribution in [2.24, 2.45) is 11.5 Å². The topological polar surface area (TPSA) is 156 Å². The van der Waals surface area contributed by atoms with Crippen LogP contribution in [0.1, 0.15) is 19.8 Å². The van der Waals surface area contributed by atoms with Gasteiger partial charge in [-0.2, -0.15) is 12.6 Å². The molecular formula is C10H21N3O5S. The van der Waals surface area contributed by atoms with Crippen molar-refractivity contribution in [3.05, 3.63) is 0 Å². The van der Waals surface area contributed by atoms with E-state index < -0.39 is 23.2 Å². The Morgan fingerprint density at radius 2 is 1.84 bits per heavy atom. The van der Waals surface area contributed by atoms with Crippen LogP contribution in [0.3, 0.4) is 0 Å². The largest absolute Gasteiger partial charge is 0.480 e. The molecule has 0 heterocycles. The zero-order chi connectivity index (χ0) is 15.4. The van der Waals surface area contributed by atoms with Crippen molar-refractivity contribution in [1.29, 1.82) is 0 Å². The first-order chi connectivity index (χ1) is 8.72. The Morgan fingerprint density at radius 3 is 2.16 bits per heavy atom. The molecule has 0 fully saturated rings. The summed E-state index contributed by atoms with van der Waals surface area (Å²) in [7, 11) is 0. The summed E-state index contributed by atoms with van der Waals surface area (Å²) in [5.41, 5.74) is 10.3. The van der Waals surface area contributed by atoms with Crippen LogP contribution in [0.5, 0.6) is 0 Å². The van der Waals surface area contributed by atoms with Crippen molar-refractivity contribution >= 4 is 30.5 Å². The van der Waals surface area contributed by atoms with Gasteiger partial charge < -0.3 is 27.0 Å². The first-order valence-corrected chi connectivity index (χ1v) is 6.10. The van der Waals surface area contributed by atoms with Crippen molar-refractivity contribution in [1.82, 2.24) is 5.32 Å². The summed E-state index contributed by atoms with van der Waals surface area (Å²) >= 11 is 3.79. The first kappa shape index (κ1) is 20.0. The number of carbonyl (C=O) groups excluding carboxylic acids is 1. The summed E-state index contributed by atoms with van der Waals surface area (Å²) in [5, 5.41) is 18.1. The van der Waals surface area contributed by atoms with Gasteiger partial charge in [-0.25, -0.2) is 0 Å². The number of carbonyl (C=O) groups is 3. The Bertz CT molecular complexity index is 299. The van der Waals surface area contributed by atoms with Gasteiger partial charge in [0, 0.05) is 0 Å². The molecule has 1 unspecified atom stereocenters. The Morgan fingerprint density at radius 1 is 1.32 bits per heavy atom. The van der Waals surface area contributed by atoms with Gasteiger partial charge in [-0.3, -0.25) is 14.4 Å². The van der Waals surface area contributed by atoms with Crippen LogP contribution in [-0.2, 0) is 14.4 Å². The number of carboxylic acid groups (broad SMARTS) is 2. The third kappa shape index (κ3) is 14.6. The van der Waals surface area contributed by atoms with E-state index in [1.807, 2.05) is 0 Å². The Kier molecular flexibility index (Phi) is 12.4. The fourth-order valence-corrected chi connectivity index (χ4v) is 0.863. The van der Waals surface area contributed by atoms with Gasteiger partial charge >= 0.3 is 11.9 Å². The standard InChI is InChI=1S/C5H12N2O2.C5H9NO3S/c6-3-1-2-4(7)5(8)9;1-3(10)5(9)6-2-4(7)8/h4H,1-3,6-7H2,(H,8,9);3,10H,2H2,1H3,(H,6,9)(H,7,8)/t4-;/m0./s1. The highest BCUT2D eigenvalue weighted by atomic mass is 32.1. The minimum Gasteiger partial charge on any atom is -0.480 e. The van der Waals surface area contributed by atoms with Gasteiger partial charge in [0.25, 0.3) is 0 Å². The van der Waals surface area contributed by atoms with Crippen molar-refractivity contribution < 1.29 is 24.6 Å². The molecule has 0 saturated carbocycles. The van der Waals surface area contributed by atoms with E-state index >= 15 is 0 Å².